The molecule has 1 amide bonds. The van der Waals surface area contributed by atoms with Gasteiger partial charge < -0.3 is 9.30 Å². The van der Waals surface area contributed by atoms with Crippen molar-refractivity contribution in [2.75, 3.05) is 6.61 Å². The molecule has 0 aliphatic heterocycles. The van der Waals surface area contributed by atoms with Crippen LogP contribution in [-0.2, 0) is 27.6 Å². The van der Waals surface area contributed by atoms with Crippen LogP contribution in [0.15, 0.2) is 90.0 Å². The van der Waals surface area contributed by atoms with Crippen LogP contribution in [0.5, 0.6) is 0 Å². The molecule has 0 spiro atoms. The van der Waals surface area contributed by atoms with E-state index in [-0.39, 0.29) is 41.1 Å². The Morgan fingerprint density at radius 3 is 2.31 bits per heavy atom. The number of rotatable bonds is 8. The third kappa shape index (κ3) is 6.82. The van der Waals surface area contributed by atoms with E-state index in [0.717, 1.165) is 59.0 Å². The van der Waals surface area contributed by atoms with Crippen molar-refractivity contribution in [3.8, 4) is 16.9 Å². The van der Waals surface area contributed by atoms with Crippen LogP contribution in [0.4, 0.5) is 9.18 Å². The first-order valence-electron chi connectivity index (χ1n) is 11.0. The van der Waals surface area contributed by atoms with E-state index in [4.69, 9.17) is 9.72 Å². The molecule has 1 radical (unpaired) electrons. The SMILES string of the molecule is CCc1nc(-c2ccccc2)cn1-c1ccc(CCOC(=O)NS(=O)(=O)c2ccc(F)cc2)cc1.[Na]. The fourth-order valence-electron chi connectivity index (χ4n) is 3.54. The maximum Gasteiger partial charge on any atom is 0.421 e. The molecule has 1 heterocycles. The van der Waals surface area contributed by atoms with Gasteiger partial charge in [0.2, 0.25) is 0 Å². The monoisotopic (exact) mass is 516 g/mol. The van der Waals surface area contributed by atoms with Gasteiger partial charge in [0.1, 0.15) is 11.6 Å². The molecule has 0 fully saturated rings. The number of sulfonamides is 1. The van der Waals surface area contributed by atoms with Crippen molar-refractivity contribution in [2.45, 2.75) is 24.7 Å². The van der Waals surface area contributed by atoms with Gasteiger partial charge in [0.15, 0.2) is 0 Å². The number of aromatic nitrogens is 2. The Balaban J connectivity index is 0.00000361. The fraction of sp³-hybridized carbons (Fsp3) is 0.154. The van der Waals surface area contributed by atoms with Gasteiger partial charge in [0.05, 0.1) is 17.2 Å². The van der Waals surface area contributed by atoms with Gasteiger partial charge in [0, 0.05) is 59.8 Å². The summed E-state index contributed by atoms with van der Waals surface area (Å²) in [4.78, 5) is 16.4. The molecule has 0 aliphatic rings. The molecule has 4 aromatic rings. The van der Waals surface area contributed by atoms with E-state index < -0.39 is 21.9 Å². The second-order valence-electron chi connectivity index (χ2n) is 7.74. The first kappa shape index (κ1) is 27.6. The molecule has 1 N–H and O–H groups in total. The predicted molar refractivity (Wildman–Crippen MR) is 136 cm³/mol. The number of nitrogens with one attached hydrogen (secondary N) is 1. The molecule has 1 aromatic heterocycles. The topological polar surface area (TPSA) is 90.3 Å². The number of amides is 1. The molecule has 0 unspecified atom stereocenters. The summed E-state index contributed by atoms with van der Waals surface area (Å²) in [7, 11) is -4.13. The average Bonchev–Trinajstić information content (AvgIpc) is 3.30. The predicted octanol–water partition coefficient (Wildman–Crippen LogP) is 4.52. The van der Waals surface area contributed by atoms with Crippen LogP contribution in [0.2, 0.25) is 0 Å². The van der Waals surface area contributed by atoms with Crippen molar-refractivity contribution in [3.05, 3.63) is 102 Å². The number of ether oxygens (including phenoxy) is 1. The van der Waals surface area contributed by atoms with E-state index in [1.165, 1.54) is 0 Å². The normalized spacial score (nSPS) is 10.9. The van der Waals surface area contributed by atoms with Gasteiger partial charge in [0.25, 0.3) is 10.0 Å². The van der Waals surface area contributed by atoms with Crippen LogP contribution < -0.4 is 4.72 Å². The Hall–Kier alpha value is -2.98. The van der Waals surface area contributed by atoms with Gasteiger partial charge in [-0.15, -0.1) is 0 Å². The Labute approximate surface area is 231 Å². The van der Waals surface area contributed by atoms with E-state index in [2.05, 4.69) is 11.5 Å². The first-order chi connectivity index (χ1) is 16.9. The first-order valence-corrected chi connectivity index (χ1v) is 12.5. The standard InChI is InChI=1S/C26H24FN3O4S.Na/c1-2-25-28-24(20-6-4-3-5-7-20)18-30(25)22-12-8-19(9-13-22)16-17-34-26(31)29-35(32,33)23-14-10-21(27)11-15-23;/h3-15,18H,2,16-17H2,1H3,(H,29,31);. The average molecular weight is 517 g/mol. The van der Waals surface area contributed by atoms with Crippen LogP contribution >= 0.6 is 0 Å². The summed E-state index contributed by atoms with van der Waals surface area (Å²) in [5.41, 5.74) is 3.84. The zero-order chi connectivity index (χ0) is 24.8. The summed E-state index contributed by atoms with van der Waals surface area (Å²) >= 11 is 0. The molecule has 36 heavy (non-hydrogen) atoms. The van der Waals surface area contributed by atoms with Crippen LogP contribution in [0, 0.1) is 5.82 Å². The van der Waals surface area contributed by atoms with E-state index in [0.29, 0.717) is 6.42 Å². The summed E-state index contributed by atoms with van der Waals surface area (Å²) in [5, 5.41) is 0. The number of carbonyl (C=O) groups excluding carboxylic acids is 1. The maximum absolute atomic E-state index is 13.0. The molecule has 10 heteroatoms. The Kier molecular flexibility index (Phi) is 9.44. The van der Waals surface area contributed by atoms with Crippen LogP contribution in [0.3, 0.4) is 0 Å². The molecule has 0 bridgehead atoms. The third-order valence-corrected chi connectivity index (χ3v) is 6.67. The van der Waals surface area contributed by atoms with Gasteiger partial charge in [-0.3, -0.25) is 0 Å². The minimum Gasteiger partial charge on any atom is -0.448 e. The molecule has 181 valence electrons. The molecule has 7 nitrogen and oxygen atoms in total. The number of aryl methyl sites for hydroxylation is 1. The van der Waals surface area contributed by atoms with Gasteiger partial charge in [-0.1, -0.05) is 49.4 Å². The van der Waals surface area contributed by atoms with E-state index in [9.17, 15) is 17.6 Å². The Morgan fingerprint density at radius 1 is 1.00 bits per heavy atom. The molecular formula is C26H24FN3NaO4S. The number of halogens is 1. The van der Waals surface area contributed by atoms with Crippen molar-refractivity contribution in [2.24, 2.45) is 0 Å². The molecule has 3 aromatic carbocycles. The smallest absolute Gasteiger partial charge is 0.421 e. The number of nitrogens with zero attached hydrogens (tertiary/aromatic N) is 2. The quantitative estimate of drug-likeness (QED) is 0.348. The minimum absolute atomic E-state index is 0. The third-order valence-electron chi connectivity index (χ3n) is 5.34. The van der Waals surface area contributed by atoms with Crippen molar-refractivity contribution >= 4 is 45.7 Å². The molecule has 0 saturated heterocycles. The second-order valence-corrected chi connectivity index (χ2v) is 9.43. The second kappa shape index (κ2) is 12.3. The van der Waals surface area contributed by atoms with E-state index in [1.54, 1.807) is 0 Å². The molecule has 4 rings (SSSR count). The number of carbonyl (C=O) groups is 1. The van der Waals surface area contributed by atoms with Crippen molar-refractivity contribution in [1.82, 2.24) is 14.3 Å². The number of hydrogen-bond donors (Lipinski definition) is 1. The summed E-state index contributed by atoms with van der Waals surface area (Å²) in [6.07, 6.45) is 2.10. The van der Waals surface area contributed by atoms with Gasteiger partial charge in [-0.25, -0.2) is 27.3 Å². The van der Waals surface area contributed by atoms with Gasteiger partial charge in [-0.2, -0.15) is 0 Å². The number of hydrogen-bond acceptors (Lipinski definition) is 5. The van der Waals surface area contributed by atoms with Gasteiger partial charge in [-0.05, 0) is 42.0 Å². The molecule has 0 atom stereocenters. The summed E-state index contributed by atoms with van der Waals surface area (Å²) in [5.74, 6) is 0.368. The molecule has 0 saturated carbocycles. The van der Waals surface area contributed by atoms with Crippen molar-refractivity contribution < 1.29 is 22.3 Å². The number of benzene rings is 3. The zero-order valence-electron chi connectivity index (χ0n) is 20.0. The van der Waals surface area contributed by atoms with E-state index in [1.807, 2.05) is 65.5 Å². The van der Waals surface area contributed by atoms with Gasteiger partial charge >= 0.3 is 6.09 Å². The summed E-state index contributed by atoms with van der Waals surface area (Å²) < 4.78 is 46.2. The minimum atomic E-state index is -4.13. The largest absolute Gasteiger partial charge is 0.448 e. The molecular weight excluding hydrogens is 492 g/mol. The van der Waals surface area contributed by atoms with Crippen LogP contribution in [0.25, 0.3) is 16.9 Å². The summed E-state index contributed by atoms with van der Waals surface area (Å²) in [6.45, 7) is 2.05. The van der Waals surface area contributed by atoms with E-state index >= 15 is 0 Å². The van der Waals surface area contributed by atoms with Crippen molar-refractivity contribution in [3.63, 3.8) is 0 Å². The summed E-state index contributed by atoms with van der Waals surface area (Å²) in [6, 6.07) is 21.9. The fourth-order valence-corrected chi connectivity index (χ4v) is 4.43. The van der Waals surface area contributed by atoms with Crippen molar-refractivity contribution in [1.29, 1.82) is 0 Å². The van der Waals surface area contributed by atoms with Crippen LogP contribution in [0.1, 0.15) is 18.3 Å². The molecule has 0 aliphatic carbocycles. The maximum atomic E-state index is 13.0. The zero-order valence-corrected chi connectivity index (χ0v) is 22.8. The van der Waals surface area contributed by atoms with Crippen LogP contribution in [-0.4, -0.2) is 60.2 Å². The Morgan fingerprint density at radius 2 is 1.67 bits per heavy atom. The Bertz CT molecular complexity index is 1410. The number of imidazole rings is 1.